The highest BCUT2D eigenvalue weighted by Crippen LogP contribution is 2.43. The standard InChI is InChI=1S/C40H26N4/c1-25-11-9-12-26(2)39(25)44-38-20-8-5-16-32(38)34-22-28(21-33(40(34)44)29-17-10-13-27(23-41)35(29)24-42)43-36-18-6-3-14-30(36)31-15-4-7-19-37(31)43/h3-22H,1-2H3. The summed E-state index contributed by atoms with van der Waals surface area (Å²) in [6.45, 7) is 4.29. The van der Waals surface area contributed by atoms with Crippen molar-refractivity contribution in [1.82, 2.24) is 9.13 Å². The van der Waals surface area contributed by atoms with Crippen LogP contribution in [0.4, 0.5) is 0 Å². The van der Waals surface area contributed by atoms with E-state index in [0.717, 1.165) is 66.5 Å². The van der Waals surface area contributed by atoms with Gasteiger partial charge in [0.2, 0.25) is 0 Å². The summed E-state index contributed by atoms with van der Waals surface area (Å²) >= 11 is 0. The van der Waals surface area contributed by atoms with Crippen LogP contribution in [0.25, 0.3) is 66.1 Å². The highest BCUT2D eigenvalue weighted by molar-refractivity contribution is 6.16. The normalized spacial score (nSPS) is 11.4. The Morgan fingerprint density at radius 3 is 1.64 bits per heavy atom. The molecule has 8 aromatic rings. The van der Waals surface area contributed by atoms with Crippen LogP contribution < -0.4 is 0 Å². The predicted molar refractivity (Wildman–Crippen MR) is 179 cm³/mol. The second-order valence-electron chi connectivity index (χ2n) is 11.3. The fraction of sp³-hybridized carbons (Fsp3) is 0.0500. The Balaban J connectivity index is 1.62. The quantitative estimate of drug-likeness (QED) is 0.215. The number of fused-ring (bicyclic) bond motifs is 6. The van der Waals surface area contributed by atoms with Crippen LogP contribution in [0.5, 0.6) is 0 Å². The topological polar surface area (TPSA) is 57.4 Å². The molecule has 0 aliphatic carbocycles. The van der Waals surface area contributed by atoms with Gasteiger partial charge in [0.1, 0.15) is 12.1 Å². The zero-order chi connectivity index (χ0) is 29.9. The molecule has 0 N–H and O–H groups in total. The molecule has 206 valence electrons. The Morgan fingerprint density at radius 2 is 1.05 bits per heavy atom. The SMILES string of the molecule is Cc1cccc(C)c1-n1c2ccccc2c2cc(-n3c4ccccc4c4ccccc43)cc(-c3cccc(C#N)c3C#N)c21. The van der Waals surface area contributed by atoms with Gasteiger partial charge in [0.25, 0.3) is 0 Å². The zero-order valence-electron chi connectivity index (χ0n) is 24.3. The lowest BCUT2D eigenvalue weighted by molar-refractivity contribution is 1.12. The van der Waals surface area contributed by atoms with Gasteiger partial charge in [-0.2, -0.15) is 10.5 Å². The van der Waals surface area contributed by atoms with Gasteiger partial charge in [-0.05, 0) is 61.4 Å². The largest absolute Gasteiger partial charge is 0.309 e. The van der Waals surface area contributed by atoms with Crippen LogP contribution in [0.1, 0.15) is 22.3 Å². The van der Waals surface area contributed by atoms with Gasteiger partial charge in [0, 0.05) is 38.4 Å². The number of hydrogen-bond acceptors (Lipinski definition) is 2. The van der Waals surface area contributed by atoms with Gasteiger partial charge in [-0.1, -0.05) is 84.9 Å². The second-order valence-corrected chi connectivity index (χ2v) is 11.3. The average molecular weight is 563 g/mol. The molecule has 8 rings (SSSR count). The van der Waals surface area contributed by atoms with Crippen molar-refractivity contribution < 1.29 is 0 Å². The minimum atomic E-state index is 0.371. The van der Waals surface area contributed by atoms with Crippen molar-refractivity contribution in [3.05, 3.63) is 144 Å². The number of aromatic nitrogens is 2. The lowest BCUT2D eigenvalue weighted by Crippen LogP contribution is -2.02. The van der Waals surface area contributed by atoms with Crippen LogP contribution in [0.15, 0.2) is 121 Å². The number of nitriles is 2. The molecule has 0 aliphatic rings. The van der Waals surface area contributed by atoms with Crippen LogP contribution in [0.2, 0.25) is 0 Å². The summed E-state index contributed by atoms with van der Waals surface area (Å²) in [7, 11) is 0. The highest BCUT2D eigenvalue weighted by atomic mass is 15.0. The van der Waals surface area contributed by atoms with Crippen molar-refractivity contribution >= 4 is 43.6 Å². The molecule has 0 saturated carbocycles. The van der Waals surface area contributed by atoms with Gasteiger partial charge in [0.05, 0.1) is 38.9 Å². The molecule has 0 unspecified atom stereocenters. The van der Waals surface area contributed by atoms with Crippen molar-refractivity contribution in [1.29, 1.82) is 10.5 Å². The zero-order valence-corrected chi connectivity index (χ0v) is 24.3. The van der Waals surface area contributed by atoms with E-state index in [1.807, 2.05) is 12.1 Å². The monoisotopic (exact) mass is 562 g/mol. The molecule has 0 fully saturated rings. The van der Waals surface area contributed by atoms with Crippen molar-refractivity contribution in [2.75, 3.05) is 0 Å². The molecule has 0 amide bonds. The van der Waals surface area contributed by atoms with E-state index in [2.05, 4.69) is 138 Å². The van der Waals surface area contributed by atoms with E-state index < -0.39 is 0 Å². The molecule has 0 radical (unpaired) electrons. The van der Waals surface area contributed by atoms with Crippen molar-refractivity contribution in [2.45, 2.75) is 13.8 Å². The number of nitrogens with zero attached hydrogens (tertiary/aromatic N) is 4. The Labute approximate surface area is 254 Å². The summed E-state index contributed by atoms with van der Waals surface area (Å²) in [6.07, 6.45) is 0. The molecule has 6 aromatic carbocycles. The first kappa shape index (κ1) is 25.6. The van der Waals surface area contributed by atoms with Crippen molar-refractivity contribution in [3.63, 3.8) is 0 Å². The number of hydrogen-bond donors (Lipinski definition) is 0. The third-order valence-electron chi connectivity index (χ3n) is 8.84. The molecule has 0 bridgehead atoms. The number of aryl methyl sites for hydroxylation is 2. The van der Waals surface area contributed by atoms with E-state index in [0.29, 0.717) is 11.1 Å². The lowest BCUT2D eigenvalue weighted by atomic mass is 9.94. The average Bonchev–Trinajstić information content (AvgIpc) is 3.57. The predicted octanol–water partition coefficient (Wildman–Crippen LogP) is 9.91. The fourth-order valence-corrected chi connectivity index (χ4v) is 7.00. The van der Waals surface area contributed by atoms with Crippen LogP contribution in [0.3, 0.4) is 0 Å². The maximum absolute atomic E-state index is 10.4. The fourth-order valence-electron chi connectivity index (χ4n) is 7.00. The van der Waals surface area contributed by atoms with Gasteiger partial charge in [-0.25, -0.2) is 0 Å². The third-order valence-corrected chi connectivity index (χ3v) is 8.84. The van der Waals surface area contributed by atoms with E-state index in [1.165, 1.54) is 10.8 Å². The molecule has 44 heavy (non-hydrogen) atoms. The summed E-state index contributed by atoms with van der Waals surface area (Å²) in [5, 5.41) is 25.0. The first-order valence-corrected chi connectivity index (χ1v) is 14.7. The Kier molecular flexibility index (Phi) is 5.66. The van der Waals surface area contributed by atoms with Crippen LogP contribution in [0, 0.1) is 36.5 Å². The van der Waals surface area contributed by atoms with Crippen molar-refractivity contribution in [2.24, 2.45) is 0 Å². The van der Waals surface area contributed by atoms with Gasteiger partial charge in [0.15, 0.2) is 0 Å². The highest BCUT2D eigenvalue weighted by Gasteiger charge is 2.23. The molecule has 0 atom stereocenters. The number of para-hydroxylation sites is 4. The molecule has 4 nitrogen and oxygen atoms in total. The first-order chi connectivity index (χ1) is 21.6. The van der Waals surface area contributed by atoms with E-state index >= 15 is 0 Å². The van der Waals surface area contributed by atoms with Gasteiger partial charge in [-0.15, -0.1) is 0 Å². The molecule has 0 spiro atoms. The molecule has 4 heteroatoms. The molecular weight excluding hydrogens is 536 g/mol. The van der Waals surface area contributed by atoms with E-state index in [9.17, 15) is 10.5 Å². The second kappa shape index (κ2) is 9.73. The smallest absolute Gasteiger partial charge is 0.101 e. The summed E-state index contributed by atoms with van der Waals surface area (Å²) in [4.78, 5) is 0. The molecule has 0 aliphatic heterocycles. The number of benzene rings is 6. The van der Waals surface area contributed by atoms with Gasteiger partial charge in [-0.3, -0.25) is 0 Å². The van der Waals surface area contributed by atoms with E-state index in [4.69, 9.17) is 0 Å². The summed E-state index contributed by atoms with van der Waals surface area (Å²) < 4.78 is 4.67. The maximum atomic E-state index is 10.4. The summed E-state index contributed by atoms with van der Waals surface area (Å²) in [5.41, 5.74) is 11.2. The first-order valence-electron chi connectivity index (χ1n) is 14.7. The maximum Gasteiger partial charge on any atom is 0.101 e. The van der Waals surface area contributed by atoms with Crippen LogP contribution >= 0.6 is 0 Å². The molecule has 2 aromatic heterocycles. The Morgan fingerprint density at radius 1 is 0.500 bits per heavy atom. The summed E-state index contributed by atoms with van der Waals surface area (Å²) in [5.74, 6) is 0. The molecule has 2 heterocycles. The summed E-state index contributed by atoms with van der Waals surface area (Å²) in [6, 6.07) is 46.5. The minimum absolute atomic E-state index is 0.371. The molecular formula is C40H26N4. The third kappa shape index (κ3) is 3.56. The minimum Gasteiger partial charge on any atom is -0.309 e. The van der Waals surface area contributed by atoms with Crippen LogP contribution in [-0.2, 0) is 0 Å². The Bertz CT molecular complexity index is 2470. The lowest BCUT2D eigenvalue weighted by Gasteiger charge is -2.18. The van der Waals surface area contributed by atoms with Crippen molar-refractivity contribution in [3.8, 4) is 34.6 Å². The molecule has 0 saturated heterocycles. The van der Waals surface area contributed by atoms with Gasteiger partial charge >= 0.3 is 0 Å². The van der Waals surface area contributed by atoms with Crippen LogP contribution in [-0.4, -0.2) is 9.13 Å². The van der Waals surface area contributed by atoms with E-state index in [-0.39, 0.29) is 0 Å². The number of rotatable bonds is 3. The Hall–Kier alpha value is -6.10. The van der Waals surface area contributed by atoms with Gasteiger partial charge < -0.3 is 9.13 Å². The van der Waals surface area contributed by atoms with E-state index in [1.54, 1.807) is 6.07 Å².